The second-order valence-electron chi connectivity index (χ2n) is 5.53. The van der Waals surface area contributed by atoms with Gasteiger partial charge in [-0.1, -0.05) is 47.5 Å². The molecule has 0 spiro atoms. The number of hydrogen-bond donors (Lipinski definition) is 1. The van der Waals surface area contributed by atoms with Gasteiger partial charge in [0.2, 0.25) is 0 Å². The molecule has 1 fully saturated rings. The summed E-state index contributed by atoms with van der Waals surface area (Å²) in [5.41, 5.74) is 1.21. The molecule has 118 valence electrons. The average Bonchev–Trinajstić information content (AvgIpc) is 3.31. The largest absolute Gasteiger partial charge is 0.379 e. The standard InChI is InChI=1S/C17H26BrNO2/c1-2-3-10-20-11-12-21-17(13-19-14-8-9-14)15-6-4-5-7-16(15)18/h4-7,14,17,19H,2-3,8-13H2,1H3. The number of benzene rings is 1. The van der Waals surface area contributed by atoms with Crippen LogP contribution in [0.15, 0.2) is 28.7 Å². The maximum absolute atomic E-state index is 6.05. The highest BCUT2D eigenvalue weighted by molar-refractivity contribution is 9.10. The first-order valence-electron chi connectivity index (χ1n) is 7.98. The van der Waals surface area contributed by atoms with E-state index in [2.05, 4.69) is 46.4 Å². The maximum Gasteiger partial charge on any atom is 0.0961 e. The number of ether oxygens (including phenoxy) is 2. The molecule has 1 aliphatic carbocycles. The Morgan fingerprint density at radius 2 is 2.05 bits per heavy atom. The normalized spacial score (nSPS) is 16.1. The van der Waals surface area contributed by atoms with E-state index in [0.717, 1.165) is 24.0 Å². The summed E-state index contributed by atoms with van der Waals surface area (Å²) in [6.45, 7) is 5.18. The summed E-state index contributed by atoms with van der Waals surface area (Å²) >= 11 is 3.62. The van der Waals surface area contributed by atoms with Crippen molar-refractivity contribution in [3.8, 4) is 0 Å². The van der Waals surface area contributed by atoms with E-state index in [-0.39, 0.29) is 6.10 Å². The quantitative estimate of drug-likeness (QED) is 0.606. The van der Waals surface area contributed by atoms with Gasteiger partial charge in [-0.05, 0) is 30.9 Å². The van der Waals surface area contributed by atoms with E-state index in [1.807, 2.05) is 6.07 Å². The van der Waals surface area contributed by atoms with Gasteiger partial charge in [0.25, 0.3) is 0 Å². The first-order chi connectivity index (χ1) is 10.3. The van der Waals surface area contributed by atoms with Gasteiger partial charge in [-0.25, -0.2) is 0 Å². The smallest absolute Gasteiger partial charge is 0.0961 e. The molecule has 1 saturated carbocycles. The topological polar surface area (TPSA) is 30.5 Å². The third-order valence-corrected chi connectivity index (χ3v) is 4.33. The van der Waals surface area contributed by atoms with E-state index >= 15 is 0 Å². The Balaban J connectivity index is 1.79. The minimum atomic E-state index is 0.0796. The van der Waals surface area contributed by atoms with Crippen LogP contribution in [-0.2, 0) is 9.47 Å². The Hall–Kier alpha value is -0.420. The van der Waals surface area contributed by atoms with Gasteiger partial charge in [-0.15, -0.1) is 0 Å². The average molecular weight is 356 g/mol. The van der Waals surface area contributed by atoms with Crippen LogP contribution in [0.1, 0.15) is 44.3 Å². The molecule has 1 aliphatic rings. The Bertz CT molecular complexity index is 410. The van der Waals surface area contributed by atoms with E-state index in [0.29, 0.717) is 19.3 Å². The Morgan fingerprint density at radius 1 is 1.24 bits per heavy atom. The van der Waals surface area contributed by atoms with Gasteiger partial charge >= 0.3 is 0 Å². The van der Waals surface area contributed by atoms with Crippen molar-refractivity contribution >= 4 is 15.9 Å². The zero-order chi connectivity index (χ0) is 14.9. The molecular weight excluding hydrogens is 330 g/mol. The Morgan fingerprint density at radius 3 is 2.76 bits per heavy atom. The minimum Gasteiger partial charge on any atom is -0.379 e. The van der Waals surface area contributed by atoms with Crippen LogP contribution in [0.3, 0.4) is 0 Å². The molecule has 2 rings (SSSR count). The van der Waals surface area contributed by atoms with Crippen molar-refractivity contribution in [1.82, 2.24) is 5.32 Å². The number of nitrogens with one attached hydrogen (secondary N) is 1. The van der Waals surface area contributed by atoms with Gasteiger partial charge in [0.15, 0.2) is 0 Å². The van der Waals surface area contributed by atoms with Crippen LogP contribution < -0.4 is 5.32 Å². The van der Waals surface area contributed by atoms with Crippen molar-refractivity contribution in [1.29, 1.82) is 0 Å². The summed E-state index contributed by atoms with van der Waals surface area (Å²) in [5.74, 6) is 0. The molecule has 0 aliphatic heterocycles. The van der Waals surface area contributed by atoms with Crippen molar-refractivity contribution in [3.05, 3.63) is 34.3 Å². The molecule has 1 atom stereocenters. The predicted octanol–water partition coefficient (Wildman–Crippen LogP) is 4.08. The van der Waals surface area contributed by atoms with E-state index < -0.39 is 0 Å². The molecule has 0 radical (unpaired) electrons. The zero-order valence-corrected chi connectivity index (χ0v) is 14.4. The fourth-order valence-electron chi connectivity index (χ4n) is 2.15. The molecule has 0 aromatic heterocycles. The highest BCUT2D eigenvalue weighted by Gasteiger charge is 2.23. The SMILES string of the molecule is CCCCOCCOC(CNC1CC1)c1ccccc1Br. The number of halogens is 1. The summed E-state index contributed by atoms with van der Waals surface area (Å²) < 4.78 is 12.7. The first kappa shape index (κ1) is 16.9. The van der Waals surface area contributed by atoms with Gasteiger partial charge in [0.1, 0.15) is 0 Å². The van der Waals surface area contributed by atoms with Crippen molar-refractivity contribution < 1.29 is 9.47 Å². The van der Waals surface area contributed by atoms with Crippen molar-refractivity contribution in [2.45, 2.75) is 44.8 Å². The second-order valence-corrected chi connectivity index (χ2v) is 6.38. The third kappa shape index (κ3) is 6.47. The highest BCUT2D eigenvalue weighted by Crippen LogP contribution is 2.27. The van der Waals surface area contributed by atoms with Crippen LogP contribution in [0.25, 0.3) is 0 Å². The van der Waals surface area contributed by atoms with Crippen LogP contribution in [-0.4, -0.2) is 32.4 Å². The third-order valence-electron chi connectivity index (χ3n) is 3.61. The Labute approximate surface area is 136 Å². The second kappa shape index (κ2) is 9.57. The Kier molecular flexibility index (Phi) is 7.72. The summed E-state index contributed by atoms with van der Waals surface area (Å²) in [6.07, 6.45) is 4.96. The molecular formula is C17H26BrNO2. The zero-order valence-electron chi connectivity index (χ0n) is 12.8. The van der Waals surface area contributed by atoms with Crippen molar-refractivity contribution in [3.63, 3.8) is 0 Å². The lowest BCUT2D eigenvalue weighted by Gasteiger charge is -2.20. The fourth-order valence-corrected chi connectivity index (χ4v) is 2.69. The molecule has 0 saturated heterocycles. The van der Waals surface area contributed by atoms with E-state index in [9.17, 15) is 0 Å². The lowest BCUT2D eigenvalue weighted by Crippen LogP contribution is -2.26. The maximum atomic E-state index is 6.05. The fraction of sp³-hybridized carbons (Fsp3) is 0.647. The molecule has 0 amide bonds. The number of rotatable bonds is 11. The summed E-state index contributed by atoms with van der Waals surface area (Å²) in [6, 6.07) is 8.99. The molecule has 0 bridgehead atoms. The molecule has 4 heteroatoms. The van der Waals surface area contributed by atoms with E-state index in [1.165, 1.54) is 24.8 Å². The van der Waals surface area contributed by atoms with Crippen LogP contribution >= 0.6 is 15.9 Å². The van der Waals surface area contributed by atoms with Crippen molar-refractivity contribution in [2.24, 2.45) is 0 Å². The van der Waals surface area contributed by atoms with Gasteiger partial charge < -0.3 is 14.8 Å². The molecule has 21 heavy (non-hydrogen) atoms. The van der Waals surface area contributed by atoms with Gasteiger partial charge in [0.05, 0.1) is 19.3 Å². The van der Waals surface area contributed by atoms with Crippen LogP contribution in [0, 0.1) is 0 Å². The number of hydrogen-bond acceptors (Lipinski definition) is 3. The lowest BCUT2D eigenvalue weighted by atomic mass is 10.1. The van der Waals surface area contributed by atoms with Crippen molar-refractivity contribution in [2.75, 3.05) is 26.4 Å². The van der Waals surface area contributed by atoms with Gasteiger partial charge in [0, 0.05) is 23.7 Å². The molecule has 1 aromatic rings. The van der Waals surface area contributed by atoms with Gasteiger partial charge in [-0.2, -0.15) is 0 Å². The van der Waals surface area contributed by atoms with Crippen LogP contribution in [0.5, 0.6) is 0 Å². The van der Waals surface area contributed by atoms with Crippen LogP contribution in [0.2, 0.25) is 0 Å². The molecule has 1 unspecified atom stereocenters. The number of unbranched alkanes of at least 4 members (excludes halogenated alkanes) is 1. The molecule has 1 N–H and O–H groups in total. The van der Waals surface area contributed by atoms with E-state index in [1.54, 1.807) is 0 Å². The van der Waals surface area contributed by atoms with E-state index in [4.69, 9.17) is 9.47 Å². The van der Waals surface area contributed by atoms with Gasteiger partial charge in [-0.3, -0.25) is 0 Å². The molecule has 3 nitrogen and oxygen atoms in total. The highest BCUT2D eigenvalue weighted by atomic mass is 79.9. The lowest BCUT2D eigenvalue weighted by molar-refractivity contribution is 0.00318. The predicted molar refractivity (Wildman–Crippen MR) is 89.6 cm³/mol. The minimum absolute atomic E-state index is 0.0796. The van der Waals surface area contributed by atoms with Crippen LogP contribution in [0.4, 0.5) is 0 Å². The summed E-state index contributed by atoms with van der Waals surface area (Å²) in [7, 11) is 0. The monoisotopic (exact) mass is 355 g/mol. The first-order valence-corrected chi connectivity index (χ1v) is 8.77. The molecule has 1 aromatic carbocycles. The summed E-state index contributed by atoms with van der Waals surface area (Å²) in [5, 5.41) is 3.56. The molecule has 0 heterocycles. The summed E-state index contributed by atoms with van der Waals surface area (Å²) in [4.78, 5) is 0.